The van der Waals surface area contributed by atoms with Crippen molar-refractivity contribution in [3.63, 3.8) is 0 Å². The molecule has 2 aromatic rings. The molecule has 0 aliphatic carbocycles. The minimum absolute atomic E-state index is 0.204. The van der Waals surface area contributed by atoms with Crippen LogP contribution >= 0.6 is 31.9 Å². The Labute approximate surface area is 140 Å². The molecule has 110 valence electrons. The standard InChI is InChI=1S/C15H15Br2N3O/c1-20(2)14-4-3-10(16)8-13(14)19-15(21)9-5-11(17)7-12(18)6-9/h3-8H,18H2,1-2H3,(H,19,21). The van der Waals surface area contributed by atoms with Gasteiger partial charge in [-0.25, -0.2) is 0 Å². The lowest BCUT2D eigenvalue weighted by Gasteiger charge is -2.18. The molecule has 1 amide bonds. The zero-order chi connectivity index (χ0) is 15.6. The number of nitrogens with zero attached hydrogens (tertiary/aromatic N) is 1. The van der Waals surface area contributed by atoms with Crippen molar-refractivity contribution in [3.05, 3.63) is 50.9 Å². The molecule has 0 atom stereocenters. The minimum atomic E-state index is -0.204. The van der Waals surface area contributed by atoms with Gasteiger partial charge in [-0.15, -0.1) is 0 Å². The lowest BCUT2D eigenvalue weighted by molar-refractivity contribution is 0.102. The molecule has 0 bridgehead atoms. The third-order valence-corrected chi connectivity index (χ3v) is 3.82. The Bertz CT molecular complexity index is 666. The molecule has 0 saturated heterocycles. The van der Waals surface area contributed by atoms with E-state index < -0.39 is 0 Å². The number of anilines is 3. The molecular weight excluding hydrogens is 398 g/mol. The maximum Gasteiger partial charge on any atom is 0.255 e. The van der Waals surface area contributed by atoms with E-state index in [1.165, 1.54) is 0 Å². The van der Waals surface area contributed by atoms with E-state index in [1.807, 2.05) is 37.2 Å². The number of nitrogen functional groups attached to an aromatic ring is 1. The first-order valence-corrected chi connectivity index (χ1v) is 7.79. The van der Waals surface area contributed by atoms with E-state index in [1.54, 1.807) is 18.2 Å². The number of halogens is 2. The fourth-order valence-electron chi connectivity index (χ4n) is 1.94. The van der Waals surface area contributed by atoms with Crippen LogP contribution in [0.5, 0.6) is 0 Å². The fourth-order valence-corrected chi connectivity index (χ4v) is 2.81. The van der Waals surface area contributed by atoms with Gasteiger partial charge in [0.2, 0.25) is 0 Å². The number of carbonyl (C=O) groups is 1. The summed E-state index contributed by atoms with van der Waals surface area (Å²) in [6, 6.07) is 10.9. The van der Waals surface area contributed by atoms with Crippen LogP contribution in [0.25, 0.3) is 0 Å². The third kappa shape index (κ3) is 3.98. The van der Waals surface area contributed by atoms with E-state index in [2.05, 4.69) is 37.2 Å². The molecule has 21 heavy (non-hydrogen) atoms. The Hall–Kier alpha value is -1.53. The number of nitrogens with one attached hydrogen (secondary N) is 1. The smallest absolute Gasteiger partial charge is 0.255 e. The third-order valence-electron chi connectivity index (χ3n) is 2.87. The van der Waals surface area contributed by atoms with Crippen LogP contribution in [0.1, 0.15) is 10.4 Å². The Kier molecular flexibility index (Phi) is 4.90. The van der Waals surface area contributed by atoms with Crippen LogP contribution in [0, 0.1) is 0 Å². The number of nitrogens with two attached hydrogens (primary N) is 1. The predicted molar refractivity (Wildman–Crippen MR) is 95.0 cm³/mol. The summed E-state index contributed by atoms with van der Waals surface area (Å²) in [4.78, 5) is 14.3. The second-order valence-corrected chi connectivity index (χ2v) is 6.61. The molecule has 0 saturated carbocycles. The van der Waals surface area contributed by atoms with Crippen LogP contribution in [-0.4, -0.2) is 20.0 Å². The first-order valence-electron chi connectivity index (χ1n) is 6.21. The highest BCUT2D eigenvalue weighted by Crippen LogP contribution is 2.29. The summed E-state index contributed by atoms with van der Waals surface area (Å²) in [7, 11) is 3.85. The Balaban J connectivity index is 2.33. The minimum Gasteiger partial charge on any atom is -0.399 e. The van der Waals surface area contributed by atoms with Crippen molar-refractivity contribution in [2.75, 3.05) is 30.0 Å². The van der Waals surface area contributed by atoms with Crippen LogP contribution in [-0.2, 0) is 0 Å². The van der Waals surface area contributed by atoms with Gasteiger partial charge in [-0.2, -0.15) is 0 Å². The van der Waals surface area contributed by atoms with Gasteiger partial charge in [0.05, 0.1) is 11.4 Å². The molecule has 0 unspecified atom stereocenters. The van der Waals surface area contributed by atoms with Gasteiger partial charge in [-0.05, 0) is 36.4 Å². The van der Waals surface area contributed by atoms with Gasteiger partial charge >= 0.3 is 0 Å². The largest absolute Gasteiger partial charge is 0.399 e. The summed E-state index contributed by atoms with van der Waals surface area (Å²) < 4.78 is 1.67. The molecule has 3 N–H and O–H groups in total. The van der Waals surface area contributed by atoms with Crippen molar-refractivity contribution in [1.29, 1.82) is 0 Å². The van der Waals surface area contributed by atoms with Gasteiger partial charge in [-0.3, -0.25) is 4.79 Å². The number of hydrogen-bond donors (Lipinski definition) is 2. The lowest BCUT2D eigenvalue weighted by atomic mass is 10.1. The monoisotopic (exact) mass is 411 g/mol. The van der Waals surface area contributed by atoms with E-state index in [0.717, 1.165) is 20.3 Å². The molecule has 6 heteroatoms. The van der Waals surface area contributed by atoms with Gasteiger partial charge in [0.25, 0.3) is 5.91 Å². The second-order valence-electron chi connectivity index (χ2n) is 4.78. The van der Waals surface area contributed by atoms with Gasteiger partial charge in [0.15, 0.2) is 0 Å². The van der Waals surface area contributed by atoms with Gasteiger partial charge in [0.1, 0.15) is 0 Å². The average Bonchev–Trinajstić information content (AvgIpc) is 2.37. The molecule has 0 fully saturated rings. The Morgan fingerprint density at radius 1 is 1.10 bits per heavy atom. The van der Waals surface area contributed by atoms with Crippen molar-refractivity contribution < 1.29 is 4.79 Å². The van der Waals surface area contributed by atoms with E-state index in [9.17, 15) is 4.79 Å². The van der Waals surface area contributed by atoms with Crippen molar-refractivity contribution in [3.8, 4) is 0 Å². The molecular formula is C15H15Br2N3O. The van der Waals surface area contributed by atoms with E-state index >= 15 is 0 Å². The van der Waals surface area contributed by atoms with Gasteiger partial charge < -0.3 is 16.0 Å². The highest BCUT2D eigenvalue weighted by atomic mass is 79.9. The maximum atomic E-state index is 12.4. The second kappa shape index (κ2) is 6.49. The molecule has 2 aromatic carbocycles. The molecule has 0 aromatic heterocycles. The molecule has 0 aliphatic heterocycles. The van der Waals surface area contributed by atoms with Crippen LogP contribution in [0.4, 0.5) is 17.1 Å². The summed E-state index contributed by atoms with van der Waals surface area (Å²) in [5.74, 6) is -0.204. The highest BCUT2D eigenvalue weighted by molar-refractivity contribution is 9.10. The van der Waals surface area contributed by atoms with E-state index in [-0.39, 0.29) is 5.91 Å². The first-order chi connectivity index (χ1) is 9.86. The highest BCUT2D eigenvalue weighted by Gasteiger charge is 2.12. The van der Waals surface area contributed by atoms with Crippen molar-refractivity contribution in [1.82, 2.24) is 0 Å². The lowest BCUT2D eigenvalue weighted by Crippen LogP contribution is -2.17. The summed E-state index contributed by atoms with van der Waals surface area (Å²) in [6.45, 7) is 0. The zero-order valence-electron chi connectivity index (χ0n) is 11.7. The summed E-state index contributed by atoms with van der Waals surface area (Å²) in [5.41, 5.74) is 8.47. The van der Waals surface area contributed by atoms with Gasteiger partial charge in [0, 0.05) is 34.3 Å². The molecule has 2 rings (SSSR count). The summed E-state index contributed by atoms with van der Waals surface area (Å²) >= 11 is 6.76. The van der Waals surface area contributed by atoms with Crippen molar-refractivity contribution >= 4 is 54.8 Å². The maximum absolute atomic E-state index is 12.4. The van der Waals surface area contributed by atoms with E-state index in [4.69, 9.17) is 5.73 Å². The van der Waals surface area contributed by atoms with E-state index in [0.29, 0.717) is 11.3 Å². The quantitative estimate of drug-likeness (QED) is 0.745. The fraction of sp³-hybridized carbons (Fsp3) is 0.133. The molecule has 0 spiro atoms. The van der Waals surface area contributed by atoms with Crippen LogP contribution in [0.3, 0.4) is 0 Å². The molecule has 4 nitrogen and oxygen atoms in total. The summed E-state index contributed by atoms with van der Waals surface area (Å²) in [5, 5.41) is 2.92. The summed E-state index contributed by atoms with van der Waals surface area (Å²) in [6.07, 6.45) is 0. The number of hydrogen-bond acceptors (Lipinski definition) is 3. The normalized spacial score (nSPS) is 10.3. The number of benzene rings is 2. The molecule has 0 aliphatic rings. The van der Waals surface area contributed by atoms with Crippen LogP contribution in [0.15, 0.2) is 45.3 Å². The number of rotatable bonds is 3. The SMILES string of the molecule is CN(C)c1ccc(Br)cc1NC(=O)c1cc(N)cc(Br)c1. The predicted octanol–water partition coefficient (Wildman–Crippen LogP) is 4.11. The molecule has 0 radical (unpaired) electrons. The van der Waals surface area contributed by atoms with Crippen molar-refractivity contribution in [2.24, 2.45) is 0 Å². The Morgan fingerprint density at radius 3 is 2.43 bits per heavy atom. The van der Waals surface area contributed by atoms with Crippen molar-refractivity contribution in [2.45, 2.75) is 0 Å². The number of carbonyl (C=O) groups excluding carboxylic acids is 1. The molecule has 0 heterocycles. The van der Waals surface area contributed by atoms with Gasteiger partial charge in [-0.1, -0.05) is 31.9 Å². The first kappa shape index (κ1) is 15.9. The zero-order valence-corrected chi connectivity index (χ0v) is 14.8. The van der Waals surface area contributed by atoms with Crippen LogP contribution in [0.2, 0.25) is 0 Å². The Morgan fingerprint density at radius 2 is 1.81 bits per heavy atom. The van der Waals surface area contributed by atoms with Crippen LogP contribution < -0.4 is 16.0 Å². The number of amides is 1. The average molecular weight is 413 g/mol. The topological polar surface area (TPSA) is 58.4 Å².